The Balaban J connectivity index is 1.20. The summed E-state index contributed by atoms with van der Waals surface area (Å²) in [7, 11) is 2.09. The molecule has 0 unspecified atom stereocenters. The Labute approximate surface area is 229 Å². The van der Waals surface area contributed by atoms with Gasteiger partial charge in [-0.3, -0.25) is 19.9 Å². The van der Waals surface area contributed by atoms with Gasteiger partial charge in [-0.2, -0.15) is 5.10 Å². The largest absolute Gasteiger partial charge is 0.324 e. The number of fused-ring (bicyclic) bond motifs is 2. The molecule has 3 N–H and O–H groups in total. The topological polar surface area (TPSA) is 141 Å². The first-order valence-electron chi connectivity index (χ1n) is 13.2. The van der Waals surface area contributed by atoms with Crippen molar-refractivity contribution < 1.29 is 4.79 Å². The van der Waals surface area contributed by atoms with Gasteiger partial charge in [0, 0.05) is 53.6 Å². The molecule has 1 fully saturated rings. The van der Waals surface area contributed by atoms with Gasteiger partial charge in [0.15, 0.2) is 17.1 Å². The van der Waals surface area contributed by atoms with Crippen LogP contribution in [0.4, 0.5) is 5.69 Å². The lowest BCUT2D eigenvalue weighted by Gasteiger charge is -2.28. The van der Waals surface area contributed by atoms with Gasteiger partial charge in [-0.1, -0.05) is 0 Å². The van der Waals surface area contributed by atoms with Crippen molar-refractivity contribution in [3.8, 4) is 33.8 Å². The summed E-state index contributed by atoms with van der Waals surface area (Å²) in [6, 6.07) is 9.76. The lowest BCUT2D eigenvalue weighted by atomic mass is 9.96. The molecule has 1 aliphatic rings. The molecule has 6 aromatic rings. The minimum Gasteiger partial charge on any atom is -0.324 e. The lowest BCUT2D eigenvalue weighted by Crippen LogP contribution is -2.35. The summed E-state index contributed by atoms with van der Waals surface area (Å²) in [6.07, 6.45) is 12.2. The Morgan fingerprint density at radius 3 is 2.60 bits per heavy atom. The first-order valence-corrected chi connectivity index (χ1v) is 13.2. The molecule has 0 aliphatic carbocycles. The molecule has 1 saturated heterocycles. The molecule has 6 aromatic heterocycles. The van der Waals surface area contributed by atoms with Crippen molar-refractivity contribution in [1.82, 2.24) is 45.0 Å². The molecule has 11 nitrogen and oxygen atoms in total. The van der Waals surface area contributed by atoms with E-state index in [9.17, 15) is 4.79 Å². The first-order chi connectivity index (χ1) is 19.6. The SMILES string of the molecule is CN1CCC(C(=O)Nc2cncc(-c3cnc4[nH]nc(-c5nc6c(-c7ccncc7)ccnc6[nH]5)c4c3)c2)CC1. The number of carbonyl (C=O) groups excluding carboxylic acids is 1. The number of aromatic nitrogens is 8. The zero-order valence-corrected chi connectivity index (χ0v) is 21.8. The minimum absolute atomic E-state index is 0.0173. The van der Waals surface area contributed by atoms with E-state index in [1.807, 2.05) is 30.3 Å². The molecule has 0 bridgehead atoms. The Morgan fingerprint density at radius 1 is 0.925 bits per heavy atom. The number of nitrogens with one attached hydrogen (secondary N) is 3. The van der Waals surface area contributed by atoms with E-state index in [0.29, 0.717) is 28.5 Å². The number of carbonyl (C=O) groups is 1. The molecule has 198 valence electrons. The Hall–Kier alpha value is -5.03. The van der Waals surface area contributed by atoms with Crippen LogP contribution in [0.25, 0.3) is 56.0 Å². The van der Waals surface area contributed by atoms with Crippen LogP contribution >= 0.6 is 0 Å². The van der Waals surface area contributed by atoms with Gasteiger partial charge in [0.25, 0.3) is 0 Å². The molecule has 0 atom stereocenters. The summed E-state index contributed by atoms with van der Waals surface area (Å²) in [4.78, 5) is 40.9. The predicted molar refractivity (Wildman–Crippen MR) is 152 cm³/mol. The maximum Gasteiger partial charge on any atom is 0.227 e. The Morgan fingerprint density at radius 2 is 1.75 bits per heavy atom. The fourth-order valence-corrected chi connectivity index (χ4v) is 5.21. The van der Waals surface area contributed by atoms with Crippen molar-refractivity contribution in [3.05, 3.63) is 67.5 Å². The second kappa shape index (κ2) is 9.93. The number of aromatic amines is 2. The van der Waals surface area contributed by atoms with E-state index < -0.39 is 0 Å². The summed E-state index contributed by atoms with van der Waals surface area (Å²) in [5, 5.41) is 11.4. The van der Waals surface area contributed by atoms with Crippen LogP contribution in [0.15, 0.2) is 67.5 Å². The van der Waals surface area contributed by atoms with Crippen LogP contribution in [0.1, 0.15) is 12.8 Å². The van der Waals surface area contributed by atoms with Crippen molar-refractivity contribution >= 4 is 33.8 Å². The first kappa shape index (κ1) is 24.0. The van der Waals surface area contributed by atoms with E-state index in [1.165, 1.54) is 0 Å². The van der Waals surface area contributed by atoms with Crippen molar-refractivity contribution in [1.29, 1.82) is 0 Å². The number of pyridine rings is 4. The number of imidazole rings is 1. The highest BCUT2D eigenvalue weighted by atomic mass is 16.1. The molecule has 11 heteroatoms. The number of piperidine rings is 1. The molecule has 1 aliphatic heterocycles. The smallest absolute Gasteiger partial charge is 0.227 e. The van der Waals surface area contributed by atoms with Crippen LogP contribution in [0, 0.1) is 5.92 Å². The summed E-state index contributed by atoms with van der Waals surface area (Å²) in [5.74, 6) is 0.651. The molecule has 40 heavy (non-hydrogen) atoms. The Kier molecular flexibility index (Phi) is 5.97. The van der Waals surface area contributed by atoms with Gasteiger partial charge < -0.3 is 15.2 Å². The average molecular weight is 531 g/mol. The highest BCUT2D eigenvalue weighted by Crippen LogP contribution is 2.32. The van der Waals surface area contributed by atoms with Crippen LogP contribution in [0.5, 0.6) is 0 Å². The van der Waals surface area contributed by atoms with Crippen LogP contribution in [-0.2, 0) is 4.79 Å². The van der Waals surface area contributed by atoms with Gasteiger partial charge in [-0.05, 0) is 68.9 Å². The summed E-state index contributed by atoms with van der Waals surface area (Å²) in [5.41, 5.74) is 7.02. The maximum absolute atomic E-state index is 12.9. The Bertz CT molecular complexity index is 1840. The molecular weight excluding hydrogens is 504 g/mol. The third-order valence-electron chi connectivity index (χ3n) is 7.45. The van der Waals surface area contributed by atoms with Gasteiger partial charge in [-0.25, -0.2) is 15.0 Å². The highest BCUT2D eigenvalue weighted by molar-refractivity contribution is 5.96. The number of rotatable bonds is 5. The minimum atomic E-state index is 0.0173. The molecule has 0 radical (unpaired) electrons. The predicted octanol–water partition coefficient (Wildman–Crippen LogP) is 4.30. The quantitative estimate of drug-likeness (QED) is 0.300. The summed E-state index contributed by atoms with van der Waals surface area (Å²) < 4.78 is 0. The monoisotopic (exact) mass is 530 g/mol. The highest BCUT2D eigenvalue weighted by Gasteiger charge is 2.23. The zero-order chi connectivity index (χ0) is 27.1. The molecule has 0 aromatic carbocycles. The summed E-state index contributed by atoms with van der Waals surface area (Å²) in [6.45, 7) is 1.86. The fourth-order valence-electron chi connectivity index (χ4n) is 5.21. The van der Waals surface area contributed by atoms with E-state index in [0.717, 1.165) is 59.1 Å². The van der Waals surface area contributed by atoms with E-state index in [2.05, 4.69) is 52.4 Å². The van der Waals surface area contributed by atoms with E-state index in [4.69, 9.17) is 4.98 Å². The van der Waals surface area contributed by atoms with Crippen LogP contribution in [-0.4, -0.2) is 71.0 Å². The maximum atomic E-state index is 12.9. The number of hydrogen-bond acceptors (Lipinski definition) is 8. The molecule has 1 amide bonds. The third-order valence-corrected chi connectivity index (χ3v) is 7.45. The molecule has 7 heterocycles. The van der Waals surface area contributed by atoms with Crippen LogP contribution in [0.2, 0.25) is 0 Å². The van der Waals surface area contributed by atoms with E-state index >= 15 is 0 Å². The van der Waals surface area contributed by atoms with Crippen LogP contribution in [0.3, 0.4) is 0 Å². The number of hydrogen-bond donors (Lipinski definition) is 3. The number of nitrogens with zero attached hydrogens (tertiary/aromatic N) is 7. The fraction of sp³-hybridized carbons (Fsp3) is 0.207. The van der Waals surface area contributed by atoms with Gasteiger partial charge >= 0.3 is 0 Å². The number of amides is 1. The second-order valence-corrected chi connectivity index (χ2v) is 10.1. The van der Waals surface area contributed by atoms with Crippen molar-refractivity contribution in [3.63, 3.8) is 0 Å². The third kappa shape index (κ3) is 4.46. The van der Waals surface area contributed by atoms with Crippen molar-refractivity contribution in [2.45, 2.75) is 12.8 Å². The van der Waals surface area contributed by atoms with Crippen molar-refractivity contribution in [2.75, 3.05) is 25.5 Å². The zero-order valence-electron chi connectivity index (χ0n) is 21.8. The molecule has 0 saturated carbocycles. The molecular formula is C29H26N10O. The van der Waals surface area contributed by atoms with Crippen molar-refractivity contribution in [2.24, 2.45) is 5.92 Å². The van der Waals surface area contributed by atoms with Gasteiger partial charge in [0.2, 0.25) is 5.91 Å². The molecule has 0 spiro atoms. The second-order valence-electron chi connectivity index (χ2n) is 10.1. The van der Waals surface area contributed by atoms with E-state index in [1.54, 1.807) is 37.2 Å². The summed E-state index contributed by atoms with van der Waals surface area (Å²) >= 11 is 0. The lowest BCUT2D eigenvalue weighted by molar-refractivity contribution is -0.121. The van der Waals surface area contributed by atoms with Crippen LogP contribution < -0.4 is 5.32 Å². The van der Waals surface area contributed by atoms with Gasteiger partial charge in [0.1, 0.15) is 11.2 Å². The molecule has 7 rings (SSSR count). The number of likely N-dealkylation sites (tertiary alicyclic amines) is 1. The standard InChI is InChI=1S/C29H26N10O/c1-39-10-5-18(6-11-39)29(40)34-21-12-19(14-31-16-21)20-13-23-25(37-38-26(23)33-15-20)28-35-24-22(4-9-32-27(24)36-28)17-2-7-30-8-3-17/h2-4,7-9,12-16,18H,5-6,10-11H2,1H3,(H,34,40)(H,32,35,36)(H,33,37,38). The van der Waals surface area contributed by atoms with E-state index in [-0.39, 0.29) is 11.8 Å². The average Bonchev–Trinajstić information content (AvgIpc) is 3.62. The number of anilines is 1. The normalized spacial score (nSPS) is 14.6. The number of H-pyrrole nitrogens is 2. The van der Waals surface area contributed by atoms with Gasteiger partial charge in [0.05, 0.1) is 17.3 Å². The van der Waals surface area contributed by atoms with Gasteiger partial charge in [-0.15, -0.1) is 0 Å².